The summed E-state index contributed by atoms with van der Waals surface area (Å²) >= 11 is 4.83. The minimum absolute atomic E-state index is 0.0129. The van der Waals surface area contributed by atoms with Crippen LogP contribution in [0.4, 0.5) is 0 Å². The lowest BCUT2D eigenvalue weighted by Crippen LogP contribution is -2.30. The molecule has 0 aliphatic carbocycles. The number of aromatic nitrogens is 2. The standard InChI is InChI=1S/C15H16BrN3O2S/c1-9-5-14(18-10(2)17-9)21-12-3-4-19(7-12)15(20)13-6-11(16)8-22-13/h5-6,8,12H,3-4,7H2,1-2H3/t12-/m0/s1. The van der Waals surface area contributed by atoms with Crippen LogP contribution in [0.3, 0.4) is 0 Å². The predicted octanol–water partition coefficient (Wildman–Crippen LogP) is 3.21. The van der Waals surface area contributed by atoms with Crippen molar-refractivity contribution in [3.63, 3.8) is 0 Å². The smallest absolute Gasteiger partial charge is 0.264 e. The van der Waals surface area contributed by atoms with Crippen LogP contribution < -0.4 is 4.74 Å². The molecule has 0 spiro atoms. The van der Waals surface area contributed by atoms with Crippen LogP contribution in [0.15, 0.2) is 22.0 Å². The van der Waals surface area contributed by atoms with E-state index in [-0.39, 0.29) is 12.0 Å². The van der Waals surface area contributed by atoms with Crippen molar-refractivity contribution in [2.45, 2.75) is 26.4 Å². The van der Waals surface area contributed by atoms with Crippen LogP contribution in [-0.2, 0) is 0 Å². The molecule has 5 nitrogen and oxygen atoms in total. The quantitative estimate of drug-likeness (QED) is 0.818. The van der Waals surface area contributed by atoms with E-state index in [0.717, 1.165) is 21.5 Å². The molecule has 116 valence electrons. The van der Waals surface area contributed by atoms with Crippen molar-refractivity contribution in [3.8, 4) is 5.88 Å². The molecule has 1 atom stereocenters. The summed E-state index contributed by atoms with van der Waals surface area (Å²) in [7, 11) is 0. The van der Waals surface area contributed by atoms with Gasteiger partial charge in [0.05, 0.1) is 11.4 Å². The molecule has 3 rings (SSSR count). The number of rotatable bonds is 3. The Labute approximate surface area is 141 Å². The fourth-order valence-electron chi connectivity index (χ4n) is 2.50. The monoisotopic (exact) mass is 381 g/mol. The zero-order valence-electron chi connectivity index (χ0n) is 12.4. The molecule has 7 heteroatoms. The third-order valence-corrected chi connectivity index (χ3v) is 5.12. The Morgan fingerprint density at radius 2 is 2.23 bits per heavy atom. The number of aryl methyl sites for hydroxylation is 2. The zero-order chi connectivity index (χ0) is 15.7. The fourth-order valence-corrected chi connectivity index (χ4v) is 3.90. The molecule has 1 saturated heterocycles. The summed E-state index contributed by atoms with van der Waals surface area (Å²) in [5, 5.41) is 1.92. The van der Waals surface area contributed by atoms with E-state index >= 15 is 0 Å². The number of carbonyl (C=O) groups excluding carboxylic acids is 1. The largest absolute Gasteiger partial charge is 0.472 e. The first kappa shape index (κ1) is 15.4. The number of amides is 1. The highest BCUT2D eigenvalue weighted by Gasteiger charge is 2.29. The van der Waals surface area contributed by atoms with Gasteiger partial charge in [0, 0.05) is 34.6 Å². The molecule has 0 radical (unpaired) electrons. The molecule has 1 fully saturated rings. The molecule has 1 aliphatic rings. The van der Waals surface area contributed by atoms with Gasteiger partial charge in [-0.25, -0.2) is 4.98 Å². The van der Waals surface area contributed by atoms with E-state index in [1.54, 1.807) is 0 Å². The second-order valence-electron chi connectivity index (χ2n) is 5.30. The molecule has 3 heterocycles. The number of likely N-dealkylation sites (tertiary alicyclic amines) is 1. The van der Waals surface area contributed by atoms with Gasteiger partial charge in [0.2, 0.25) is 5.88 Å². The van der Waals surface area contributed by atoms with Crippen molar-refractivity contribution in [3.05, 3.63) is 38.4 Å². The average molecular weight is 382 g/mol. The van der Waals surface area contributed by atoms with E-state index in [9.17, 15) is 4.79 Å². The Morgan fingerprint density at radius 1 is 1.41 bits per heavy atom. The molecule has 0 bridgehead atoms. The Kier molecular flexibility index (Phi) is 4.44. The summed E-state index contributed by atoms with van der Waals surface area (Å²) in [5.74, 6) is 1.35. The number of halogens is 1. The van der Waals surface area contributed by atoms with Crippen LogP contribution in [0.1, 0.15) is 27.6 Å². The first-order valence-corrected chi connectivity index (χ1v) is 8.71. The number of hydrogen-bond acceptors (Lipinski definition) is 5. The summed E-state index contributed by atoms with van der Waals surface area (Å²) in [6, 6.07) is 3.69. The normalized spacial score (nSPS) is 17.8. The molecule has 2 aromatic heterocycles. The van der Waals surface area contributed by atoms with Gasteiger partial charge in [-0.2, -0.15) is 4.98 Å². The van der Waals surface area contributed by atoms with Crippen LogP contribution in [0, 0.1) is 13.8 Å². The predicted molar refractivity (Wildman–Crippen MR) is 88.5 cm³/mol. The molecule has 2 aromatic rings. The van der Waals surface area contributed by atoms with Gasteiger partial charge in [0.15, 0.2) is 0 Å². The van der Waals surface area contributed by atoms with Crippen molar-refractivity contribution in [1.82, 2.24) is 14.9 Å². The molecule has 22 heavy (non-hydrogen) atoms. The zero-order valence-corrected chi connectivity index (χ0v) is 14.8. The molecule has 0 unspecified atom stereocenters. The van der Waals surface area contributed by atoms with Crippen molar-refractivity contribution < 1.29 is 9.53 Å². The highest BCUT2D eigenvalue weighted by atomic mass is 79.9. The highest BCUT2D eigenvalue weighted by Crippen LogP contribution is 2.24. The molecule has 1 aliphatic heterocycles. The Bertz CT molecular complexity index is 684. The maximum absolute atomic E-state index is 12.4. The molecule has 0 aromatic carbocycles. The Hall–Kier alpha value is -1.47. The van der Waals surface area contributed by atoms with Crippen molar-refractivity contribution in [2.75, 3.05) is 13.1 Å². The number of nitrogens with zero attached hydrogens (tertiary/aromatic N) is 3. The fraction of sp³-hybridized carbons (Fsp3) is 0.400. The minimum Gasteiger partial charge on any atom is -0.472 e. The van der Waals surface area contributed by atoms with Gasteiger partial charge in [0.1, 0.15) is 11.9 Å². The average Bonchev–Trinajstić information content (AvgIpc) is 3.06. The van der Waals surface area contributed by atoms with Gasteiger partial charge < -0.3 is 9.64 Å². The SMILES string of the molecule is Cc1cc(O[C@H]2CCN(C(=O)c3cc(Br)cs3)C2)nc(C)n1. The van der Waals surface area contributed by atoms with E-state index in [4.69, 9.17) is 4.74 Å². The summed E-state index contributed by atoms with van der Waals surface area (Å²) in [6.45, 7) is 5.07. The third kappa shape index (κ3) is 3.47. The van der Waals surface area contributed by atoms with E-state index in [1.165, 1.54) is 11.3 Å². The molecular formula is C15H16BrN3O2S. The Morgan fingerprint density at radius 3 is 2.91 bits per heavy atom. The van der Waals surface area contributed by atoms with Crippen LogP contribution in [-0.4, -0.2) is 40.0 Å². The third-order valence-electron chi connectivity index (χ3n) is 3.44. The first-order chi connectivity index (χ1) is 10.5. The number of hydrogen-bond donors (Lipinski definition) is 0. The van der Waals surface area contributed by atoms with E-state index in [1.807, 2.05) is 36.3 Å². The lowest BCUT2D eigenvalue weighted by molar-refractivity contribution is 0.0775. The molecular weight excluding hydrogens is 366 g/mol. The molecule has 0 saturated carbocycles. The van der Waals surface area contributed by atoms with Gasteiger partial charge in [-0.05, 0) is 35.8 Å². The summed E-state index contributed by atoms with van der Waals surface area (Å²) in [6.07, 6.45) is 0.807. The van der Waals surface area contributed by atoms with Gasteiger partial charge in [-0.3, -0.25) is 4.79 Å². The van der Waals surface area contributed by atoms with E-state index in [2.05, 4.69) is 25.9 Å². The van der Waals surface area contributed by atoms with Crippen LogP contribution in [0.25, 0.3) is 0 Å². The van der Waals surface area contributed by atoms with Crippen LogP contribution >= 0.6 is 27.3 Å². The van der Waals surface area contributed by atoms with E-state index in [0.29, 0.717) is 24.8 Å². The van der Waals surface area contributed by atoms with Gasteiger partial charge in [-0.15, -0.1) is 11.3 Å². The van der Waals surface area contributed by atoms with Crippen LogP contribution in [0.2, 0.25) is 0 Å². The maximum atomic E-state index is 12.4. The topological polar surface area (TPSA) is 55.3 Å². The molecule has 0 N–H and O–H groups in total. The summed E-state index contributed by atoms with van der Waals surface area (Å²) in [5.41, 5.74) is 0.886. The number of carbonyl (C=O) groups is 1. The summed E-state index contributed by atoms with van der Waals surface area (Å²) in [4.78, 5) is 23.5. The van der Waals surface area contributed by atoms with Crippen molar-refractivity contribution in [1.29, 1.82) is 0 Å². The van der Waals surface area contributed by atoms with Crippen molar-refractivity contribution in [2.24, 2.45) is 0 Å². The molecule has 1 amide bonds. The van der Waals surface area contributed by atoms with Gasteiger partial charge in [-0.1, -0.05) is 0 Å². The van der Waals surface area contributed by atoms with Gasteiger partial charge in [0.25, 0.3) is 5.91 Å². The second kappa shape index (κ2) is 6.34. The van der Waals surface area contributed by atoms with Crippen molar-refractivity contribution >= 4 is 33.2 Å². The van der Waals surface area contributed by atoms with E-state index < -0.39 is 0 Å². The first-order valence-electron chi connectivity index (χ1n) is 7.03. The lowest BCUT2D eigenvalue weighted by Gasteiger charge is -2.16. The maximum Gasteiger partial charge on any atom is 0.264 e. The number of ether oxygens (including phenoxy) is 1. The van der Waals surface area contributed by atoms with Gasteiger partial charge >= 0.3 is 0 Å². The Balaban J connectivity index is 1.63. The summed E-state index contributed by atoms with van der Waals surface area (Å²) < 4.78 is 6.85. The van der Waals surface area contributed by atoms with Crippen LogP contribution in [0.5, 0.6) is 5.88 Å². The number of thiophene rings is 1. The second-order valence-corrected chi connectivity index (χ2v) is 7.13. The minimum atomic E-state index is -0.0129. The highest BCUT2D eigenvalue weighted by molar-refractivity contribution is 9.10. The lowest BCUT2D eigenvalue weighted by atomic mass is 10.3.